The maximum atomic E-state index is 12.3. The van der Waals surface area contributed by atoms with E-state index in [-0.39, 0.29) is 11.7 Å². The summed E-state index contributed by atoms with van der Waals surface area (Å²) in [5.74, 6) is -0.329. The number of amides is 1. The van der Waals surface area contributed by atoms with Crippen molar-refractivity contribution in [3.63, 3.8) is 0 Å². The molecule has 0 bridgehead atoms. The fourth-order valence-corrected chi connectivity index (χ4v) is 2.79. The molecule has 1 heterocycles. The zero-order valence-corrected chi connectivity index (χ0v) is 12.9. The minimum absolute atomic E-state index is 0.153. The third kappa shape index (κ3) is 2.43. The first-order valence-electron chi connectivity index (χ1n) is 6.47. The van der Waals surface area contributed by atoms with Crippen LogP contribution in [0.25, 0.3) is 5.57 Å². The SMILES string of the molecule is CN1C(=O)/C(=C/C(=O)c2cccc(Br)c2)c2ccccc21. The van der Waals surface area contributed by atoms with Crippen LogP contribution in [-0.4, -0.2) is 18.7 Å². The number of hydrogen-bond acceptors (Lipinski definition) is 2. The standard InChI is InChI=1S/C17H12BrNO2/c1-19-15-8-3-2-7-13(15)14(17(19)21)10-16(20)11-5-4-6-12(18)9-11/h2-10H,1H3/b14-10+. The van der Waals surface area contributed by atoms with Gasteiger partial charge in [-0.2, -0.15) is 0 Å². The lowest BCUT2D eigenvalue weighted by atomic mass is 10.0. The van der Waals surface area contributed by atoms with Crippen LogP contribution in [0, 0.1) is 0 Å². The van der Waals surface area contributed by atoms with Gasteiger partial charge in [0.05, 0.1) is 11.3 Å². The Morgan fingerprint density at radius 3 is 2.67 bits per heavy atom. The Morgan fingerprint density at radius 2 is 1.90 bits per heavy atom. The minimum atomic E-state index is -0.176. The van der Waals surface area contributed by atoms with E-state index in [1.807, 2.05) is 30.3 Å². The van der Waals surface area contributed by atoms with E-state index >= 15 is 0 Å². The summed E-state index contributed by atoms with van der Waals surface area (Å²) in [6.07, 6.45) is 1.42. The number of likely N-dealkylation sites (N-methyl/N-ethyl adjacent to an activating group) is 1. The van der Waals surface area contributed by atoms with Crippen LogP contribution in [0.1, 0.15) is 15.9 Å². The number of nitrogens with zero attached hydrogens (tertiary/aromatic N) is 1. The van der Waals surface area contributed by atoms with Gasteiger partial charge < -0.3 is 4.90 Å². The second-order valence-electron chi connectivity index (χ2n) is 4.81. The molecule has 0 saturated carbocycles. The Bertz CT molecular complexity index is 780. The number of carbonyl (C=O) groups is 2. The van der Waals surface area contributed by atoms with E-state index in [0.29, 0.717) is 11.1 Å². The number of anilines is 1. The average molecular weight is 342 g/mol. The molecule has 1 aliphatic heterocycles. The summed E-state index contributed by atoms with van der Waals surface area (Å²) < 4.78 is 0.835. The van der Waals surface area contributed by atoms with Gasteiger partial charge in [0.15, 0.2) is 5.78 Å². The lowest BCUT2D eigenvalue weighted by Crippen LogP contribution is -2.20. The van der Waals surface area contributed by atoms with Crippen LogP contribution in [0.2, 0.25) is 0 Å². The van der Waals surface area contributed by atoms with Crippen LogP contribution in [0.15, 0.2) is 59.1 Å². The number of fused-ring (bicyclic) bond motifs is 1. The molecule has 3 nitrogen and oxygen atoms in total. The largest absolute Gasteiger partial charge is 0.311 e. The van der Waals surface area contributed by atoms with Crippen molar-refractivity contribution in [1.82, 2.24) is 0 Å². The summed E-state index contributed by atoms with van der Waals surface area (Å²) >= 11 is 3.34. The Balaban J connectivity index is 2.04. The van der Waals surface area contributed by atoms with Crippen LogP contribution in [0.4, 0.5) is 5.69 Å². The predicted molar refractivity (Wildman–Crippen MR) is 86.3 cm³/mol. The third-order valence-corrected chi connectivity index (χ3v) is 3.97. The van der Waals surface area contributed by atoms with Crippen LogP contribution in [-0.2, 0) is 4.79 Å². The van der Waals surface area contributed by atoms with Crippen molar-refractivity contribution in [3.8, 4) is 0 Å². The lowest BCUT2D eigenvalue weighted by molar-refractivity contribution is -0.112. The molecule has 0 N–H and O–H groups in total. The van der Waals surface area contributed by atoms with Gasteiger partial charge in [-0.3, -0.25) is 9.59 Å². The lowest BCUT2D eigenvalue weighted by Gasteiger charge is -2.07. The number of ketones is 1. The Kier molecular flexibility index (Phi) is 3.47. The number of para-hydroxylation sites is 1. The maximum absolute atomic E-state index is 12.3. The van der Waals surface area contributed by atoms with E-state index in [2.05, 4.69) is 15.9 Å². The van der Waals surface area contributed by atoms with Gasteiger partial charge in [-0.1, -0.05) is 46.3 Å². The first-order chi connectivity index (χ1) is 10.1. The summed E-state index contributed by atoms with van der Waals surface area (Å²) in [4.78, 5) is 26.2. The zero-order chi connectivity index (χ0) is 15.0. The molecule has 104 valence electrons. The van der Waals surface area contributed by atoms with E-state index in [1.54, 1.807) is 30.1 Å². The van der Waals surface area contributed by atoms with Crippen molar-refractivity contribution in [3.05, 3.63) is 70.2 Å². The molecule has 0 atom stereocenters. The first kappa shape index (κ1) is 13.8. The van der Waals surface area contributed by atoms with Gasteiger partial charge >= 0.3 is 0 Å². The quantitative estimate of drug-likeness (QED) is 0.617. The normalized spacial score (nSPS) is 15.4. The topological polar surface area (TPSA) is 37.4 Å². The molecule has 21 heavy (non-hydrogen) atoms. The Hall–Kier alpha value is -2.20. The van der Waals surface area contributed by atoms with Crippen LogP contribution in [0.3, 0.4) is 0 Å². The molecule has 2 aromatic carbocycles. The monoisotopic (exact) mass is 341 g/mol. The third-order valence-electron chi connectivity index (χ3n) is 3.48. The molecule has 1 amide bonds. The van der Waals surface area contributed by atoms with Gasteiger partial charge in [0, 0.05) is 22.6 Å². The van der Waals surface area contributed by atoms with Crippen molar-refractivity contribution < 1.29 is 9.59 Å². The number of carbonyl (C=O) groups excluding carboxylic acids is 2. The van der Waals surface area contributed by atoms with E-state index < -0.39 is 0 Å². The van der Waals surface area contributed by atoms with Crippen LogP contribution < -0.4 is 4.90 Å². The highest BCUT2D eigenvalue weighted by Gasteiger charge is 2.29. The van der Waals surface area contributed by atoms with Crippen LogP contribution >= 0.6 is 15.9 Å². The van der Waals surface area contributed by atoms with Gasteiger partial charge in [-0.05, 0) is 24.3 Å². The van der Waals surface area contributed by atoms with Gasteiger partial charge in [0.25, 0.3) is 5.91 Å². The molecule has 0 radical (unpaired) electrons. The molecule has 0 saturated heterocycles. The molecule has 0 spiro atoms. The summed E-state index contributed by atoms with van der Waals surface area (Å²) in [5, 5.41) is 0. The number of rotatable bonds is 2. The van der Waals surface area contributed by atoms with Crippen molar-refractivity contribution >= 4 is 38.9 Å². The van der Waals surface area contributed by atoms with Crippen molar-refractivity contribution in [2.45, 2.75) is 0 Å². The highest BCUT2D eigenvalue weighted by atomic mass is 79.9. The van der Waals surface area contributed by atoms with Gasteiger partial charge in [0.2, 0.25) is 0 Å². The second-order valence-corrected chi connectivity index (χ2v) is 5.73. The first-order valence-corrected chi connectivity index (χ1v) is 7.26. The summed E-state index contributed by atoms with van der Waals surface area (Å²) in [5.41, 5.74) is 2.62. The fourth-order valence-electron chi connectivity index (χ4n) is 2.39. The van der Waals surface area contributed by atoms with Gasteiger partial charge in [-0.25, -0.2) is 0 Å². The number of halogens is 1. The average Bonchev–Trinajstić information content (AvgIpc) is 2.73. The van der Waals surface area contributed by atoms with Crippen LogP contribution in [0.5, 0.6) is 0 Å². The molecule has 4 heteroatoms. The predicted octanol–water partition coefficient (Wildman–Crippen LogP) is 3.69. The van der Waals surface area contributed by atoms with Crippen molar-refractivity contribution in [1.29, 1.82) is 0 Å². The molecule has 1 aliphatic rings. The summed E-state index contributed by atoms with van der Waals surface area (Å²) in [6.45, 7) is 0. The highest BCUT2D eigenvalue weighted by molar-refractivity contribution is 9.10. The molecule has 0 aliphatic carbocycles. The molecule has 3 rings (SSSR count). The second kappa shape index (κ2) is 5.30. The smallest absolute Gasteiger partial charge is 0.258 e. The molecule has 0 unspecified atom stereocenters. The molecule has 0 aromatic heterocycles. The highest BCUT2D eigenvalue weighted by Crippen LogP contribution is 2.35. The van der Waals surface area contributed by atoms with E-state index in [1.165, 1.54) is 6.08 Å². The zero-order valence-electron chi connectivity index (χ0n) is 11.3. The summed E-state index contributed by atoms with van der Waals surface area (Å²) in [7, 11) is 1.71. The van der Waals surface area contributed by atoms with E-state index in [9.17, 15) is 9.59 Å². The van der Waals surface area contributed by atoms with E-state index in [0.717, 1.165) is 15.7 Å². The fraction of sp³-hybridized carbons (Fsp3) is 0.0588. The number of benzene rings is 2. The molecule has 2 aromatic rings. The Morgan fingerprint density at radius 1 is 1.14 bits per heavy atom. The van der Waals surface area contributed by atoms with Crippen molar-refractivity contribution in [2.24, 2.45) is 0 Å². The van der Waals surface area contributed by atoms with Crippen molar-refractivity contribution in [2.75, 3.05) is 11.9 Å². The molecule has 0 fully saturated rings. The maximum Gasteiger partial charge on any atom is 0.258 e. The number of hydrogen-bond donors (Lipinski definition) is 0. The summed E-state index contributed by atoms with van der Waals surface area (Å²) in [6, 6.07) is 14.6. The number of allylic oxidation sites excluding steroid dienone is 1. The van der Waals surface area contributed by atoms with Gasteiger partial charge in [-0.15, -0.1) is 0 Å². The molecular formula is C17H12BrNO2. The molecular weight excluding hydrogens is 330 g/mol. The van der Waals surface area contributed by atoms with Gasteiger partial charge in [0.1, 0.15) is 0 Å². The minimum Gasteiger partial charge on any atom is -0.311 e. The van der Waals surface area contributed by atoms with E-state index in [4.69, 9.17) is 0 Å². The Labute approximate surface area is 131 Å².